The maximum atomic E-state index is 6.42. The molecule has 10 aromatic carbocycles. The van der Waals surface area contributed by atoms with Gasteiger partial charge in [0.2, 0.25) is 0 Å². The lowest BCUT2D eigenvalue weighted by Gasteiger charge is -2.10. The van der Waals surface area contributed by atoms with Crippen molar-refractivity contribution >= 4 is 96.9 Å². The first-order chi connectivity index (χ1) is 32.7. The molecule has 66 heavy (non-hydrogen) atoms. The molecule has 0 amide bonds. The van der Waals surface area contributed by atoms with Gasteiger partial charge in [0.1, 0.15) is 27.3 Å². The van der Waals surface area contributed by atoms with Gasteiger partial charge in [-0.1, -0.05) is 182 Å². The van der Waals surface area contributed by atoms with Crippen molar-refractivity contribution in [1.82, 2.24) is 4.98 Å². The molecule has 0 N–H and O–H groups in total. The molecule has 4 heterocycles. The van der Waals surface area contributed by atoms with Gasteiger partial charge >= 0.3 is 0 Å². The monoisotopic (exact) mass is 877 g/mol. The van der Waals surface area contributed by atoms with Gasteiger partial charge in [0.05, 0.1) is 10.2 Å². The van der Waals surface area contributed by atoms with Crippen molar-refractivity contribution < 1.29 is 8.83 Å². The normalized spacial score (nSPS) is 11.9. The fourth-order valence-corrected chi connectivity index (χ4v) is 12.1. The summed E-state index contributed by atoms with van der Waals surface area (Å²) in [6.07, 6.45) is 0. The van der Waals surface area contributed by atoms with Crippen molar-refractivity contribution in [3.8, 4) is 66.2 Å². The lowest BCUT2D eigenvalue weighted by atomic mass is 9.95. The first-order valence-corrected chi connectivity index (χ1v) is 23.8. The quantitative estimate of drug-likeness (QED) is 0.167. The van der Waals surface area contributed by atoms with Crippen LogP contribution in [0.1, 0.15) is 0 Å². The molecule has 3 nitrogen and oxygen atoms in total. The second-order valence-electron chi connectivity index (χ2n) is 17.0. The zero-order chi connectivity index (χ0) is 43.3. The SMILES string of the molecule is c1ccc2c(c1)oc1c(-c3ccc(-c4ccc(-c5ccc(-c6cccc7c6oc6ccccc67)cc5)c5sc(-c6ccc(-c7ccc8sc9ccccc9c8c7)cc6)nc45)cc3)cccc12. The molecule has 0 aliphatic rings. The first-order valence-electron chi connectivity index (χ1n) is 22.2. The van der Waals surface area contributed by atoms with Crippen LogP contribution in [0, 0.1) is 0 Å². The molecule has 0 aliphatic heterocycles. The summed E-state index contributed by atoms with van der Waals surface area (Å²) in [5.74, 6) is 0. The third kappa shape index (κ3) is 5.91. The van der Waals surface area contributed by atoms with E-state index in [1.165, 1.54) is 31.3 Å². The number of benzene rings is 10. The summed E-state index contributed by atoms with van der Waals surface area (Å²) in [5.41, 5.74) is 17.0. The van der Waals surface area contributed by atoms with Gasteiger partial charge in [0.25, 0.3) is 0 Å². The van der Waals surface area contributed by atoms with Crippen LogP contribution in [0.15, 0.2) is 221 Å². The van der Waals surface area contributed by atoms with E-state index in [9.17, 15) is 0 Å². The average Bonchev–Trinajstić information content (AvgIpc) is 4.18. The molecule has 14 rings (SSSR count). The van der Waals surface area contributed by atoms with E-state index in [-0.39, 0.29) is 0 Å². The number of para-hydroxylation sites is 4. The Labute approximate surface area is 387 Å². The molecule has 4 aromatic heterocycles. The summed E-state index contributed by atoms with van der Waals surface area (Å²) < 4.78 is 16.6. The molecule has 5 heteroatoms. The summed E-state index contributed by atoms with van der Waals surface area (Å²) >= 11 is 3.61. The summed E-state index contributed by atoms with van der Waals surface area (Å²) in [6, 6.07) is 76.1. The molecule has 0 atom stereocenters. The second kappa shape index (κ2) is 14.7. The largest absolute Gasteiger partial charge is 0.455 e. The zero-order valence-corrected chi connectivity index (χ0v) is 36.9. The van der Waals surface area contributed by atoms with Gasteiger partial charge in [-0.25, -0.2) is 4.98 Å². The van der Waals surface area contributed by atoms with Crippen LogP contribution in [0.2, 0.25) is 0 Å². The van der Waals surface area contributed by atoms with Crippen molar-refractivity contribution in [1.29, 1.82) is 0 Å². The van der Waals surface area contributed by atoms with Crippen LogP contribution in [-0.2, 0) is 0 Å². The van der Waals surface area contributed by atoms with E-state index in [4.69, 9.17) is 13.8 Å². The van der Waals surface area contributed by atoms with E-state index in [1.54, 1.807) is 11.3 Å². The molecule has 0 saturated carbocycles. The fraction of sp³-hybridized carbons (Fsp3) is 0. The highest BCUT2D eigenvalue weighted by Crippen LogP contribution is 2.44. The van der Waals surface area contributed by atoms with Gasteiger partial charge in [-0.15, -0.1) is 22.7 Å². The van der Waals surface area contributed by atoms with E-state index in [1.807, 2.05) is 35.6 Å². The van der Waals surface area contributed by atoms with Gasteiger partial charge in [0.15, 0.2) is 0 Å². The van der Waals surface area contributed by atoms with Crippen LogP contribution in [0.4, 0.5) is 0 Å². The number of fused-ring (bicyclic) bond motifs is 10. The Balaban J connectivity index is 0.864. The molecule has 14 aromatic rings. The molecular formula is C61H35NO2S2. The van der Waals surface area contributed by atoms with Gasteiger partial charge in [-0.2, -0.15) is 0 Å². The highest BCUT2D eigenvalue weighted by Gasteiger charge is 2.19. The lowest BCUT2D eigenvalue weighted by molar-refractivity contribution is 0.669. The molecule has 0 radical (unpaired) electrons. The second-order valence-corrected chi connectivity index (χ2v) is 19.0. The van der Waals surface area contributed by atoms with E-state index >= 15 is 0 Å². The zero-order valence-electron chi connectivity index (χ0n) is 35.3. The Morgan fingerprint density at radius 1 is 0.303 bits per heavy atom. The van der Waals surface area contributed by atoms with Gasteiger partial charge in [0, 0.05) is 69.5 Å². The van der Waals surface area contributed by atoms with Crippen molar-refractivity contribution in [2.75, 3.05) is 0 Å². The van der Waals surface area contributed by atoms with E-state index in [0.29, 0.717) is 0 Å². The van der Waals surface area contributed by atoms with Gasteiger partial charge < -0.3 is 8.83 Å². The standard InChI is InChI=1S/C61H35NO2S2/c1-4-16-53-47(9-1)50-14-7-12-44(58(50)63-53)38-23-21-37(22-24-38)43-32-33-46(40-27-25-39(26-28-40)45-13-8-15-51-48-10-2-5-17-54(48)64-59(45)51)60-57(43)62-61(66-60)41-29-19-36(20-30-41)42-31-34-56-52(35-42)49-11-3-6-18-55(49)65-56/h1-35H. The lowest BCUT2D eigenvalue weighted by Crippen LogP contribution is -1.86. The minimum absolute atomic E-state index is 0.903. The van der Waals surface area contributed by atoms with E-state index in [2.05, 4.69) is 188 Å². The average molecular weight is 878 g/mol. The maximum absolute atomic E-state index is 6.42. The van der Waals surface area contributed by atoms with E-state index < -0.39 is 0 Å². The third-order valence-electron chi connectivity index (χ3n) is 13.2. The highest BCUT2D eigenvalue weighted by molar-refractivity contribution is 7.25. The molecule has 0 saturated heterocycles. The Bertz CT molecular complexity index is 4010. The van der Waals surface area contributed by atoms with Gasteiger partial charge in [-0.05, 0) is 63.7 Å². The molecule has 0 fully saturated rings. The van der Waals surface area contributed by atoms with Crippen LogP contribution < -0.4 is 0 Å². The van der Waals surface area contributed by atoms with Crippen molar-refractivity contribution in [2.24, 2.45) is 0 Å². The Morgan fingerprint density at radius 2 is 0.773 bits per heavy atom. The van der Waals surface area contributed by atoms with Crippen LogP contribution >= 0.6 is 22.7 Å². The summed E-state index contributed by atoms with van der Waals surface area (Å²) in [7, 11) is 0. The number of thiophene rings is 1. The highest BCUT2D eigenvalue weighted by atomic mass is 32.1. The molecular weight excluding hydrogens is 843 g/mol. The molecule has 0 spiro atoms. The Hall–Kier alpha value is -8.09. The Morgan fingerprint density at radius 3 is 1.41 bits per heavy atom. The first kappa shape index (κ1) is 37.3. The predicted molar refractivity (Wildman–Crippen MR) is 280 cm³/mol. The fourth-order valence-electron chi connectivity index (χ4n) is 9.91. The number of aromatic nitrogens is 1. The molecule has 0 aliphatic carbocycles. The number of furan rings is 2. The van der Waals surface area contributed by atoms with Crippen LogP contribution in [0.5, 0.6) is 0 Å². The minimum atomic E-state index is 0.903. The minimum Gasteiger partial charge on any atom is -0.455 e. The number of thiazole rings is 1. The number of hydrogen-bond acceptors (Lipinski definition) is 5. The topological polar surface area (TPSA) is 39.2 Å². The van der Waals surface area contributed by atoms with Gasteiger partial charge in [-0.3, -0.25) is 0 Å². The van der Waals surface area contributed by atoms with Crippen molar-refractivity contribution in [2.45, 2.75) is 0 Å². The van der Waals surface area contributed by atoms with Crippen LogP contribution in [0.3, 0.4) is 0 Å². The molecule has 0 unspecified atom stereocenters. The van der Waals surface area contributed by atoms with E-state index in [0.717, 1.165) is 109 Å². The number of rotatable bonds is 6. The van der Waals surface area contributed by atoms with Crippen molar-refractivity contribution in [3.63, 3.8) is 0 Å². The molecule has 308 valence electrons. The Kier molecular flexibility index (Phi) is 8.32. The van der Waals surface area contributed by atoms with Crippen LogP contribution in [-0.4, -0.2) is 4.98 Å². The number of nitrogens with zero attached hydrogens (tertiary/aromatic N) is 1. The smallest absolute Gasteiger partial charge is 0.143 e. The molecule has 0 bridgehead atoms. The van der Waals surface area contributed by atoms with Crippen LogP contribution in [0.25, 0.3) is 140 Å². The predicted octanol–water partition coefficient (Wildman–Crippen LogP) is 18.5. The summed E-state index contributed by atoms with van der Waals surface area (Å²) in [4.78, 5) is 5.47. The third-order valence-corrected chi connectivity index (χ3v) is 15.5. The number of hydrogen-bond donors (Lipinski definition) is 0. The van der Waals surface area contributed by atoms with Crippen molar-refractivity contribution in [3.05, 3.63) is 212 Å². The maximum Gasteiger partial charge on any atom is 0.143 e. The summed E-state index contributed by atoms with van der Waals surface area (Å²) in [6.45, 7) is 0. The summed E-state index contributed by atoms with van der Waals surface area (Å²) in [5, 5.41) is 8.14.